The number of piperazine rings is 1. The standard InChI is InChI=1S/C18H23N3O6S/c1-18(2)26-16(22)13(17(23)27-18)12-19-14-6-4-5-7-15(14)28(24,25)21-10-8-20(3)9-11-21/h4-7,12,19H,8-11H2,1-3H3. The van der Waals surface area contributed by atoms with E-state index in [1.165, 1.54) is 24.2 Å². The molecule has 2 saturated heterocycles. The number of carbonyl (C=O) groups excluding carboxylic acids is 2. The Morgan fingerprint density at radius 1 is 1.04 bits per heavy atom. The number of esters is 2. The summed E-state index contributed by atoms with van der Waals surface area (Å²) in [7, 11) is -1.79. The van der Waals surface area contributed by atoms with Crippen LogP contribution < -0.4 is 5.32 Å². The van der Waals surface area contributed by atoms with E-state index >= 15 is 0 Å². The van der Waals surface area contributed by atoms with Crippen LogP contribution in [0.15, 0.2) is 40.9 Å². The van der Waals surface area contributed by atoms with Crippen molar-refractivity contribution in [1.29, 1.82) is 0 Å². The number of carbonyl (C=O) groups is 2. The van der Waals surface area contributed by atoms with Crippen LogP contribution in [0.3, 0.4) is 0 Å². The number of cyclic esters (lactones) is 2. The predicted molar refractivity (Wildman–Crippen MR) is 101 cm³/mol. The molecule has 2 fully saturated rings. The highest BCUT2D eigenvalue weighted by atomic mass is 32.2. The van der Waals surface area contributed by atoms with E-state index in [4.69, 9.17) is 9.47 Å². The van der Waals surface area contributed by atoms with Gasteiger partial charge in [-0.2, -0.15) is 4.31 Å². The third-order valence-corrected chi connectivity index (χ3v) is 6.41. The number of hydrogen-bond donors (Lipinski definition) is 1. The molecule has 0 atom stereocenters. The summed E-state index contributed by atoms with van der Waals surface area (Å²) in [6, 6.07) is 6.32. The smallest absolute Gasteiger partial charge is 0.350 e. The van der Waals surface area contributed by atoms with Crippen LogP contribution in [0.25, 0.3) is 0 Å². The maximum atomic E-state index is 13.0. The summed E-state index contributed by atoms with van der Waals surface area (Å²) in [5.74, 6) is -3.02. The van der Waals surface area contributed by atoms with Crippen molar-refractivity contribution in [1.82, 2.24) is 9.21 Å². The van der Waals surface area contributed by atoms with E-state index in [-0.39, 0.29) is 16.2 Å². The molecule has 1 N–H and O–H groups in total. The van der Waals surface area contributed by atoms with E-state index in [1.807, 2.05) is 7.05 Å². The molecule has 3 rings (SSSR count). The molecule has 10 heteroatoms. The summed E-state index contributed by atoms with van der Waals surface area (Å²) in [5.41, 5.74) is -0.0921. The Morgan fingerprint density at radius 2 is 1.61 bits per heavy atom. The van der Waals surface area contributed by atoms with Gasteiger partial charge in [0, 0.05) is 46.2 Å². The van der Waals surface area contributed by atoms with Gasteiger partial charge in [0.1, 0.15) is 4.90 Å². The highest BCUT2D eigenvalue weighted by Gasteiger charge is 2.39. The molecule has 0 aliphatic carbocycles. The minimum atomic E-state index is -3.73. The summed E-state index contributed by atoms with van der Waals surface area (Å²) in [6.45, 7) is 4.97. The zero-order chi connectivity index (χ0) is 20.5. The molecular weight excluding hydrogens is 386 g/mol. The second-order valence-electron chi connectivity index (χ2n) is 7.08. The topological polar surface area (TPSA) is 105 Å². The zero-order valence-electron chi connectivity index (χ0n) is 16.0. The lowest BCUT2D eigenvalue weighted by Gasteiger charge is -2.32. The lowest BCUT2D eigenvalue weighted by Crippen LogP contribution is -2.47. The van der Waals surface area contributed by atoms with Gasteiger partial charge in [-0.3, -0.25) is 0 Å². The maximum Gasteiger partial charge on any atom is 0.350 e. The molecule has 2 heterocycles. The molecule has 28 heavy (non-hydrogen) atoms. The average Bonchev–Trinajstić information content (AvgIpc) is 2.60. The molecule has 0 bridgehead atoms. The Kier molecular flexibility index (Phi) is 5.46. The molecule has 152 valence electrons. The van der Waals surface area contributed by atoms with Gasteiger partial charge >= 0.3 is 11.9 Å². The number of benzene rings is 1. The fourth-order valence-corrected chi connectivity index (χ4v) is 4.48. The van der Waals surface area contributed by atoms with Gasteiger partial charge in [-0.1, -0.05) is 12.1 Å². The SMILES string of the molecule is CN1CCN(S(=O)(=O)c2ccccc2NC=C2C(=O)OC(C)(C)OC2=O)CC1. The lowest BCUT2D eigenvalue weighted by atomic mass is 10.2. The summed E-state index contributed by atoms with van der Waals surface area (Å²) < 4.78 is 37.6. The van der Waals surface area contributed by atoms with Crippen molar-refractivity contribution in [2.24, 2.45) is 0 Å². The van der Waals surface area contributed by atoms with Crippen molar-refractivity contribution < 1.29 is 27.5 Å². The molecular formula is C18H23N3O6S. The zero-order valence-corrected chi connectivity index (χ0v) is 16.8. The van der Waals surface area contributed by atoms with Gasteiger partial charge in [-0.05, 0) is 19.2 Å². The van der Waals surface area contributed by atoms with Crippen molar-refractivity contribution in [3.8, 4) is 0 Å². The summed E-state index contributed by atoms with van der Waals surface area (Å²) in [5, 5.41) is 2.75. The number of sulfonamides is 1. The quantitative estimate of drug-likeness (QED) is 0.441. The van der Waals surface area contributed by atoms with E-state index in [0.717, 1.165) is 6.20 Å². The molecule has 0 saturated carbocycles. The van der Waals surface area contributed by atoms with Gasteiger partial charge in [-0.15, -0.1) is 0 Å². The van der Waals surface area contributed by atoms with E-state index in [0.29, 0.717) is 26.2 Å². The third kappa shape index (κ3) is 4.18. The van der Waals surface area contributed by atoms with Crippen LogP contribution in [-0.2, 0) is 29.1 Å². The van der Waals surface area contributed by atoms with Crippen LogP contribution in [0.5, 0.6) is 0 Å². The molecule has 0 radical (unpaired) electrons. The van der Waals surface area contributed by atoms with Gasteiger partial charge in [0.2, 0.25) is 10.0 Å². The molecule has 1 aromatic carbocycles. The molecule has 1 aromatic rings. The Hall–Kier alpha value is -2.43. The second kappa shape index (κ2) is 7.53. The number of likely N-dealkylation sites (N-methyl/N-ethyl adjacent to an activating group) is 1. The molecule has 2 aliphatic rings. The second-order valence-corrected chi connectivity index (χ2v) is 8.99. The van der Waals surface area contributed by atoms with Gasteiger partial charge in [0.25, 0.3) is 5.79 Å². The van der Waals surface area contributed by atoms with Crippen molar-refractivity contribution in [3.63, 3.8) is 0 Å². The first-order chi connectivity index (χ1) is 13.1. The minimum absolute atomic E-state index is 0.0641. The minimum Gasteiger partial charge on any atom is -0.419 e. The van der Waals surface area contributed by atoms with E-state index in [2.05, 4.69) is 10.2 Å². The normalized spacial score (nSPS) is 21.0. The summed E-state index contributed by atoms with van der Waals surface area (Å²) in [6.07, 6.45) is 1.11. The first kappa shape index (κ1) is 20.3. The first-order valence-corrected chi connectivity index (χ1v) is 10.3. The number of rotatable bonds is 4. The fraction of sp³-hybridized carbons (Fsp3) is 0.444. The van der Waals surface area contributed by atoms with Crippen molar-refractivity contribution in [2.45, 2.75) is 24.5 Å². The van der Waals surface area contributed by atoms with Crippen LogP contribution >= 0.6 is 0 Å². The highest BCUT2D eigenvalue weighted by Crippen LogP contribution is 2.27. The third-order valence-electron chi connectivity index (χ3n) is 4.46. The number of ether oxygens (including phenoxy) is 2. The van der Waals surface area contributed by atoms with Crippen LogP contribution in [0, 0.1) is 0 Å². The van der Waals surface area contributed by atoms with Crippen LogP contribution in [0.4, 0.5) is 5.69 Å². The number of para-hydroxylation sites is 1. The Balaban J connectivity index is 1.85. The monoisotopic (exact) mass is 409 g/mol. The van der Waals surface area contributed by atoms with E-state index in [9.17, 15) is 18.0 Å². The van der Waals surface area contributed by atoms with Crippen LogP contribution in [0.1, 0.15) is 13.8 Å². The van der Waals surface area contributed by atoms with Crippen LogP contribution in [0.2, 0.25) is 0 Å². The van der Waals surface area contributed by atoms with E-state index in [1.54, 1.807) is 18.2 Å². The largest absolute Gasteiger partial charge is 0.419 e. The maximum absolute atomic E-state index is 13.0. The summed E-state index contributed by atoms with van der Waals surface area (Å²) in [4.78, 5) is 26.2. The fourth-order valence-electron chi connectivity index (χ4n) is 2.91. The first-order valence-electron chi connectivity index (χ1n) is 8.81. The molecule has 0 aromatic heterocycles. The van der Waals surface area contributed by atoms with E-state index < -0.39 is 27.7 Å². The predicted octanol–water partition coefficient (Wildman–Crippen LogP) is 0.755. The van der Waals surface area contributed by atoms with Gasteiger partial charge in [0.05, 0.1) is 5.69 Å². The number of nitrogens with zero attached hydrogens (tertiary/aromatic N) is 2. The molecule has 0 unspecified atom stereocenters. The lowest BCUT2D eigenvalue weighted by molar-refractivity contribution is -0.222. The molecule has 0 amide bonds. The molecule has 2 aliphatic heterocycles. The van der Waals surface area contributed by atoms with Crippen molar-refractivity contribution in [3.05, 3.63) is 36.0 Å². The summed E-state index contributed by atoms with van der Waals surface area (Å²) >= 11 is 0. The van der Waals surface area contributed by atoms with Crippen molar-refractivity contribution >= 4 is 27.6 Å². The number of nitrogens with one attached hydrogen (secondary N) is 1. The Bertz CT molecular complexity index is 895. The highest BCUT2D eigenvalue weighted by molar-refractivity contribution is 7.89. The molecule has 9 nitrogen and oxygen atoms in total. The van der Waals surface area contributed by atoms with Gasteiger partial charge in [0.15, 0.2) is 5.57 Å². The number of hydrogen-bond acceptors (Lipinski definition) is 8. The number of anilines is 1. The Morgan fingerprint density at radius 3 is 2.21 bits per heavy atom. The Labute approximate surface area is 163 Å². The van der Waals surface area contributed by atoms with Gasteiger partial charge in [-0.25, -0.2) is 18.0 Å². The van der Waals surface area contributed by atoms with Gasteiger partial charge < -0.3 is 19.7 Å². The van der Waals surface area contributed by atoms with Crippen molar-refractivity contribution in [2.75, 3.05) is 38.5 Å². The van der Waals surface area contributed by atoms with Crippen LogP contribution in [-0.4, -0.2) is 68.6 Å². The average molecular weight is 409 g/mol. The molecule has 0 spiro atoms.